The monoisotopic (exact) mass is 851 g/mol. The molecule has 1 saturated heterocycles. The fraction of sp³-hybridized carbons (Fsp3) is 0.488. The third kappa shape index (κ3) is 13.2. The first-order valence-corrected chi connectivity index (χ1v) is 20.2. The molecule has 0 spiro atoms. The second-order valence-electron chi connectivity index (χ2n) is 16.3. The number of carbonyl (C=O) groups excluding carboxylic acids is 7. The van der Waals surface area contributed by atoms with Gasteiger partial charge in [0.1, 0.15) is 36.1 Å². The smallest absolute Gasteiger partial charge is 0.333 e. The Bertz CT molecular complexity index is 2050. The zero-order chi connectivity index (χ0) is 45.0. The van der Waals surface area contributed by atoms with E-state index < -0.39 is 83.2 Å². The van der Waals surface area contributed by atoms with Crippen LogP contribution in [0.1, 0.15) is 97.5 Å². The lowest BCUT2D eigenvalue weighted by Gasteiger charge is -2.40. The summed E-state index contributed by atoms with van der Waals surface area (Å²) in [7, 11) is 0. The minimum Gasteiger partial charge on any atom is -0.387 e. The fourth-order valence-corrected chi connectivity index (χ4v) is 6.82. The Labute approximate surface area is 353 Å². The summed E-state index contributed by atoms with van der Waals surface area (Å²) >= 11 is 0. The number of hydrogen-bond acceptors (Lipinski definition) is 10. The van der Waals surface area contributed by atoms with Crippen LogP contribution in [0.25, 0.3) is 11.3 Å². The van der Waals surface area contributed by atoms with E-state index in [2.05, 4.69) is 16.0 Å². The molecule has 18 heteroatoms. The van der Waals surface area contributed by atoms with E-state index in [1.807, 2.05) is 51.1 Å². The molecule has 61 heavy (non-hydrogen) atoms. The number of hydroxylamine groups is 2. The number of amides is 6. The van der Waals surface area contributed by atoms with E-state index in [4.69, 9.17) is 9.82 Å². The van der Waals surface area contributed by atoms with E-state index in [0.717, 1.165) is 23.8 Å². The standard InChI is InChI=1S/C43H55F2N7O9/c1-26(2)38(49-33(54)14-10-15-37(58)61-52-34(55)18-19-35(52)56)42(60)47-27(3)41(59)46-20-11-21-51(36(57)25-53)39(43(4,5)6)40-48-32(30-22-29(44)16-17-31(30)45)24-50(40)23-28-12-8-7-9-13-28/h7-9,12-13,16-17,22,24,26-27,38-39,53H,10-11,14-15,18-21,23,25H2,1-6H3,(H,46,59)(H,47,60)(H,49,54)/t27-,38?,39-/m0/s1. The van der Waals surface area contributed by atoms with Gasteiger partial charge >= 0.3 is 5.97 Å². The van der Waals surface area contributed by atoms with Crippen molar-refractivity contribution in [3.8, 4) is 11.3 Å². The van der Waals surface area contributed by atoms with Crippen molar-refractivity contribution in [2.24, 2.45) is 11.3 Å². The second-order valence-corrected chi connectivity index (χ2v) is 16.3. The lowest BCUT2D eigenvalue weighted by Crippen LogP contribution is -2.54. The van der Waals surface area contributed by atoms with Gasteiger partial charge in [-0.1, -0.05) is 65.0 Å². The maximum Gasteiger partial charge on any atom is 0.333 e. The van der Waals surface area contributed by atoms with Gasteiger partial charge in [0.25, 0.3) is 11.8 Å². The molecule has 6 amide bonds. The average molecular weight is 852 g/mol. The molecule has 16 nitrogen and oxygen atoms in total. The molecule has 3 atom stereocenters. The van der Waals surface area contributed by atoms with Gasteiger partial charge in [-0.3, -0.25) is 28.8 Å². The highest BCUT2D eigenvalue weighted by atomic mass is 19.1. The quantitative estimate of drug-likeness (QED) is 0.0957. The van der Waals surface area contributed by atoms with E-state index in [0.29, 0.717) is 17.4 Å². The molecular formula is C43H55F2N7O9. The van der Waals surface area contributed by atoms with Gasteiger partial charge in [-0.05, 0) is 54.9 Å². The van der Waals surface area contributed by atoms with Crippen molar-refractivity contribution in [1.82, 2.24) is 35.5 Å². The summed E-state index contributed by atoms with van der Waals surface area (Å²) in [6.07, 6.45) is 1.36. The molecule has 2 aromatic carbocycles. The van der Waals surface area contributed by atoms with E-state index in [9.17, 15) is 43.1 Å². The Kier molecular flexibility index (Phi) is 16.8. The summed E-state index contributed by atoms with van der Waals surface area (Å²) in [6, 6.07) is 9.66. The number of benzene rings is 2. The van der Waals surface area contributed by atoms with Crippen molar-refractivity contribution < 1.29 is 52.3 Å². The first kappa shape index (κ1) is 47.6. The van der Waals surface area contributed by atoms with Gasteiger partial charge in [0.2, 0.25) is 23.6 Å². The molecule has 1 fully saturated rings. The van der Waals surface area contributed by atoms with Gasteiger partial charge in [-0.2, -0.15) is 0 Å². The minimum atomic E-state index is -1.03. The third-order valence-electron chi connectivity index (χ3n) is 9.92. The molecular weight excluding hydrogens is 797 g/mol. The normalized spacial score (nSPS) is 14.4. The van der Waals surface area contributed by atoms with Gasteiger partial charge in [0.15, 0.2) is 0 Å². The van der Waals surface area contributed by atoms with Crippen LogP contribution in [0.4, 0.5) is 8.78 Å². The van der Waals surface area contributed by atoms with Crippen molar-refractivity contribution in [3.05, 3.63) is 77.8 Å². The van der Waals surface area contributed by atoms with E-state index in [-0.39, 0.29) is 68.8 Å². The fourth-order valence-electron chi connectivity index (χ4n) is 6.82. The summed E-state index contributed by atoms with van der Waals surface area (Å²) in [5, 5.41) is 18.5. The van der Waals surface area contributed by atoms with Crippen LogP contribution < -0.4 is 16.0 Å². The molecule has 330 valence electrons. The van der Waals surface area contributed by atoms with Crippen LogP contribution in [0.3, 0.4) is 0 Å². The third-order valence-corrected chi connectivity index (χ3v) is 9.92. The predicted octanol–water partition coefficient (Wildman–Crippen LogP) is 3.71. The number of aliphatic hydroxyl groups is 1. The molecule has 0 saturated carbocycles. The number of aliphatic hydroxyl groups excluding tert-OH is 1. The zero-order valence-electron chi connectivity index (χ0n) is 35.3. The molecule has 3 aromatic rings. The number of halogens is 2. The van der Waals surface area contributed by atoms with Gasteiger partial charge in [-0.15, -0.1) is 5.06 Å². The number of aromatic nitrogens is 2. The van der Waals surface area contributed by atoms with Crippen LogP contribution in [-0.2, 0) is 44.9 Å². The molecule has 1 aliphatic heterocycles. The second kappa shape index (κ2) is 21.5. The summed E-state index contributed by atoms with van der Waals surface area (Å²) in [6.45, 7) is 10.1. The lowest BCUT2D eigenvalue weighted by atomic mass is 9.84. The molecule has 1 unspecified atom stereocenters. The summed E-state index contributed by atoms with van der Waals surface area (Å²) in [5.41, 5.74) is 0.290. The van der Waals surface area contributed by atoms with Gasteiger partial charge in [0.05, 0.1) is 11.7 Å². The van der Waals surface area contributed by atoms with Crippen molar-refractivity contribution in [2.45, 2.75) is 105 Å². The molecule has 1 aromatic heterocycles. The molecule has 4 N–H and O–H groups in total. The van der Waals surface area contributed by atoms with Crippen molar-refractivity contribution >= 4 is 41.4 Å². The number of rotatable bonds is 20. The van der Waals surface area contributed by atoms with Gasteiger partial charge < -0.3 is 35.4 Å². The summed E-state index contributed by atoms with van der Waals surface area (Å²) < 4.78 is 31.1. The number of nitrogens with one attached hydrogen (secondary N) is 3. The van der Waals surface area contributed by atoms with Crippen molar-refractivity contribution in [2.75, 3.05) is 19.7 Å². The Hall–Kier alpha value is -6.04. The van der Waals surface area contributed by atoms with E-state index in [1.165, 1.54) is 11.8 Å². The number of imide groups is 1. The minimum absolute atomic E-state index is 0.0246. The van der Waals surface area contributed by atoms with Crippen molar-refractivity contribution in [1.29, 1.82) is 0 Å². The first-order chi connectivity index (χ1) is 28.8. The Morgan fingerprint density at radius 2 is 1.59 bits per heavy atom. The average Bonchev–Trinajstić information content (AvgIpc) is 3.75. The molecule has 0 aliphatic carbocycles. The largest absolute Gasteiger partial charge is 0.387 e. The molecule has 4 rings (SSSR count). The van der Waals surface area contributed by atoms with Crippen LogP contribution in [-0.4, -0.2) is 97.8 Å². The van der Waals surface area contributed by atoms with Gasteiger partial charge in [-0.25, -0.2) is 18.6 Å². The molecule has 0 radical (unpaired) electrons. The Morgan fingerprint density at radius 3 is 2.21 bits per heavy atom. The topological polar surface area (TPSA) is 209 Å². The van der Waals surface area contributed by atoms with Crippen LogP contribution in [0.5, 0.6) is 0 Å². The molecule has 2 heterocycles. The lowest BCUT2D eigenvalue weighted by molar-refractivity contribution is -0.197. The number of hydrogen-bond donors (Lipinski definition) is 4. The van der Waals surface area contributed by atoms with E-state index >= 15 is 4.39 Å². The predicted molar refractivity (Wildman–Crippen MR) is 217 cm³/mol. The molecule has 0 bridgehead atoms. The number of nitrogens with zero attached hydrogens (tertiary/aromatic N) is 4. The van der Waals surface area contributed by atoms with Crippen LogP contribution >= 0.6 is 0 Å². The summed E-state index contributed by atoms with van der Waals surface area (Å²) in [5.74, 6) is -5.72. The number of imidazole rings is 1. The maximum absolute atomic E-state index is 15.0. The number of carbonyl (C=O) groups is 7. The summed E-state index contributed by atoms with van der Waals surface area (Å²) in [4.78, 5) is 98.9. The highest BCUT2D eigenvalue weighted by molar-refractivity contribution is 6.01. The van der Waals surface area contributed by atoms with Crippen LogP contribution in [0.2, 0.25) is 0 Å². The Balaban J connectivity index is 1.38. The van der Waals surface area contributed by atoms with Crippen molar-refractivity contribution in [3.63, 3.8) is 0 Å². The Morgan fingerprint density at radius 1 is 0.918 bits per heavy atom. The van der Waals surface area contributed by atoms with E-state index in [1.54, 1.807) is 24.6 Å². The first-order valence-electron chi connectivity index (χ1n) is 20.2. The highest BCUT2D eigenvalue weighted by Gasteiger charge is 2.38. The molecule has 1 aliphatic rings. The van der Waals surface area contributed by atoms with Crippen LogP contribution in [0.15, 0.2) is 54.7 Å². The SMILES string of the molecule is CC(C)C(NC(=O)CCCC(=O)ON1C(=O)CCC1=O)C(=O)N[C@@H](C)C(=O)NCCCN(C(=O)CO)[C@@H](c1nc(-c2cc(F)ccc2F)cn1Cc1ccccc1)C(C)(C)C. The van der Waals surface area contributed by atoms with Crippen LogP contribution in [0, 0.1) is 23.0 Å². The maximum atomic E-state index is 15.0. The highest BCUT2D eigenvalue weighted by Crippen LogP contribution is 2.39. The van der Waals surface area contributed by atoms with Gasteiger partial charge in [0, 0.05) is 57.1 Å². The zero-order valence-corrected chi connectivity index (χ0v) is 35.3.